The maximum atomic E-state index is 9.60. The summed E-state index contributed by atoms with van der Waals surface area (Å²) in [5.74, 6) is 0. The van der Waals surface area contributed by atoms with Crippen molar-refractivity contribution in [3.63, 3.8) is 0 Å². The minimum atomic E-state index is -0.318. The summed E-state index contributed by atoms with van der Waals surface area (Å²) in [6.45, 7) is 8.42. The fourth-order valence-corrected chi connectivity index (χ4v) is 0.769. The van der Waals surface area contributed by atoms with Crippen LogP contribution in [0, 0.1) is 0 Å². The lowest BCUT2D eigenvalue weighted by atomic mass is 10.2. The number of carbonyl (C=O) groups is 1. The van der Waals surface area contributed by atoms with Gasteiger partial charge in [0.25, 0.3) is 6.47 Å². The van der Waals surface area contributed by atoms with E-state index in [4.69, 9.17) is 0 Å². The molecule has 0 amide bonds. The molecule has 0 aromatic carbocycles. The fraction of sp³-hybridized carbons (Fsp3) is 0.889. The molecule has 1 saturated heterocycles. The molecule has 0 aromatic heterocycles. The molecule has 1 aliphatic heterocycles. The van der Waals surface area contributed by atoms with Crippen LogP contribution < -0.4 is 5.32 Å². The van der Waals surface area contributed by atoms with E-state index in [2.05, 4.69) is 10.1 Å². The van der Waals surface area contributed by atoms with E-state index in [-0.39, 0.29) is 18.0 Å². The third kappa shape index (κ3) is 14.6. The Morgan fingerprint density at radius 2 is 1.69 bits per heavy atom. The quantitative estimate of drug-likeness (QED) is 0.669. The third-order valence-electron chi connectivity index (χ3n) is 1.36. The number of hydrogen-bond acceptors (Lipinski definition) is 3. The van der Waals surface area contributed by atoms with Crippen molar-refractivity contribution in [3.05, 3.63) is 0 Å². The molecule has 1 N–H and O–H groups in total. The van der Waals surface area contributed by atoms with Crippen molar-refractivity contribution >= 4 is 18.9 Å². The van der Waals surface area contributed by atoms with Crippen LogP contribution in [0.5, 0.6) is 0 Å². The van der Waals surface area contributed by atoms with Crippen LogP contribution in [0.2, 0.25) is 0 Å². The first-order valence-electron chi connectivity index (χ1n) is 4.38. The maximum Gasteiger partial charge on any atom is 0.293 e. The highest BCUT2D eigenvalue weighted by Crippen LogP contribution is 2.02. The van der Waals surface area contributed by atoms with Gasteiger partial charge in [-0.3, -0.25) is 4.79 Å². The van der Waals surface area contributed by atoms with Crippen molar-refractivity contribution in [1.29, 1.82) is 0 Å². The van der Waals surface area contributed by atoms with E-state index in [1.807, 2.05) is 20.8 Å². The summed E-state index contributed by atoms with van der Waals surface area (Å²) in [5.41, 5.74) is -0.318. The minimum absolute atomic E-state index is 0. The normalized spacial score (nSPS) is 15.0. The molecule has 0 radical (unpaired) electrons. The number of rotatable bonds is 1. The molecule has 80 valence electrons. The number of nitrogens with one attached hydrogen (secondary N) is 1. The van der Waals surface area contributed by atoms with Crippen LogP contribution in [0.15, 0.2) is 0 Å². The van der Waals surface area contributed by atoms with E-state index in [0.717, 1.165) is 0 Å². The Hall–Kier alpha value is -0.280. The van der Waals surface area contributed by atoms with Crippen molar-refractivity contribution in [2.24, 2.45) is 0 Å². The van der Waals surface area contributed by atoms with Crippen LogP contribution in [0.4, 0.5) is 0 Å². The van der Waals surface area contributed by atoms with Gasteiger partial charge in [-0.2, -0.15) is 0 Å². The molecule has 0 aromatic rings. The first kappa shape index (κ1) is 15.2. The van der Waals surface area contributed by atoms with Crippen LogP contribution in [0.3, 0.4) is 0 Å². The Kier molecular flexibility index (Phi) is 9.74. The molecule has 13 heavy (non-hydrogen) atoms. The summed E-state index contributed by atoms with van der Waals surface area (Å²) in [7, 11) is 0. The predicted molar refractivity (Wildman–Crippen MR) is 56.3 cm³/mol. The molecule has 1 aliphatic rings. The minimum Gasteiger partial charge on any atom is -0.462 e. The molecule has 1 fully saturated rings. The summed E-state index contributed by atoms with van der Waals surface area (Å²) in [6.07, 6.45) is 2.78. The van der Waals surface area contributed by atoms with E-state index in [1.54, 1.807) is 0 Å². The topological polar surface area (TPSA) is 38.3 Å². The summed E-state index contributed by atoms with van der Waals surface area (Å²) >= 11 is 0. The zero-order valence-electron chi connectivity index (χ0n) is 8.63. The van der Waals surface area contributed by atoms with Gasteiger partial charge in [0.15, 0.2) is 0 Å². The Labute approximate surface area is 86.6 Å². The number of halogens is 1. The molecule has 4 heteroatoms. The van der Waals surface area contributed by atoms with E-state index in [0.29, 0.717) is 6.47 Å². The van der Waals surface area contributed by atoms with Gasteiger partial charge in [0, 0.05) is 0 Å². The largest absolute Gasteiger partial charge is 0.462 e. The smallest absolute Gasteiger partial charge is 0.293 e. The molecule has 1 heterocycles. The molecule has 0 unspecified atom stereocenters. The van der Waals surface area contributed by atoms with E-state index >= 15 is 0 Å². The second-order valence-electron chi connectivity index (χ2n) is 3.78. The molecular weight excluding hydrogens is 190 g/mol. The van der Waals surface area contributed by atoms with Crippen LogP contribution >= 0.6 is 12.4 Å². The van der Waals surface area contributed by atoms with Gasteiger partial charge in [0.05, 0.1) is 0 Å². The highest BCUT2D eigenvalue weighted by atomic mass is 35.5. The first-order chi connectivity index (χ1) is 5.56. The third-order valence-corrected chi connectivity index (χ3v) is 1.36. The van der Waals surface area contributed by atoms with E-state index in [9.17, 15) is 4.79 Å². The van der Waals surface area contributed by atoms with Crippen LogP contribution in [-0.2, 0) is 9.53 Å². The lowest BCUT2D eigenvalue weighted by Gasteiger charge is -2.14. The van der Waals surface area contributed by atoms with Gasteiger partial charge in [0.1, 0.15) is 5.60 Å². The van der Waals surface area contributed by atoms with Crippen molar-refractivity contribution in [3.8, 4) is 0 Å². The monoisotopic (exact) mass is 209 g/mol. The Bertz CT molecular complexity index is 112. The van der Waals surface area contributed by atoms with Crippen molar-refractivity contribution in [2.75, 3.05) is 13.1 Å². The molecule has 0 atom stereocenters. The molecule has 1 rings (SSSR count). The second kappa shape index (κ2) is 8.32. The highest BCUT2D eigenvalue weighted by molar-refractivity contribution is 5.85. The summed E-state index contributed by atoms with van der Waals surface area (Å²) in [5, 5.41) is 3.22. The van der Waals surface area contributed by atoms with E-state index < -0.39 is 0 Å². The van der Waals surface area contributed by atoms with Crippen molar-refractivity contribution in [2.45, 2.75) is 39.2 Å². The molecule has 0 aliphatic carbocycles. The molecule has 0 spiro atoms. The van der Waals surface area contributed by atoms with Gasteiger partial charge in [-0.25, -0.2) is 0 Å². The molecule has 0 bridgehead atoms. The Morgan fingerprint density at radius 3 is 1.77 bits per heavy atom. The maximum absolute atomic E-state index is 9.60. The van der Waals surface area contributed by atoms with Gasteiger partial charge in [-0.15, -0.1) is 12.4 Å². The number of hydrogen-bond donors (Lipinski definition) is 1. The summed E-state index contributed by atoms with van der Waals surface area (Å²) in [4.78, 5) is 9.60. The van der Waals surface area contributed by atoms with Gasteiger partial charge in [0.2, 0.25) is 0 Å². The zero-order valence-corrected chi connectivity index (χ0v) is 9.45. The van der Waals surface area contributed by atoms with Crippen LogP contribution in [-0.4, -0.2) is 25.2 Å². The molecular formula is C9H20ClNO2. The van der Waals surface area contributed by atoms with Gasteiger partial charge < -0.3 is 10.1 Å². The Morgan fingerprint density at radius 1 is 1.23 bits per heavy atom. The van der Waals surface area contributed by atoms with Gasteiger partial charge in [-0.05, 0) is 46.7 Å². The number of carbonyl (C=O) groups excluding carboxylic acids is 1. The fourth-order valence-electron chi connectivity index (χ4n) is 0.769. The standard InChI is InChI=1S/C5H10O2.C4H9N.ClH/c1-5(2,3)7-4-6;1-2-4-5-3-1;/h4H,1-3H3;5H,1-4H2;1H. The SMILES string of the molecule is C1CCNC1.CC(C)(C)OC=O.Cl. The van der Waals surface area contributed by atoms with Crippen molar-refractivity contribution in [1.82, 2.24) is 5.32 Å². The van der Waals surface area contributed by atoms with Crippen LogP contribution in [0.25, 0.3) is 0 Å². The summed E-state index contributed by atoms with van der Waals surface area (Å²) in [6, 6.07) is 0. The van der Waals surface area contributed by atoms with Gasteiger partial charge >= 0.3 is 0 Å². The second-order valence-corrected chi connectivity index (χ2v) is 3.78. The highest BCUT2D eigenvalue weighted by Gasteiger charge is 2.07. The number of ether oxygens (including phenoxy) is 1. The zero-order chi connectivity index (χ0) is 9.45. The predicted octanol–water partition coefficient (Wildman–Crippen LogP) is 1.75. The molecule has 0 saturated carbocycles. The van der Waals surface area contributed by atoms with E-state index in [1.165, 1.54) is 25.9 Å². The van der Waals surface area contributed by atoms with Crippen molar-refractivity contribution < 1.29 is 9.53 Å². The lowest BCUT2D eigenvalue weighted by Crippen LogP contribution is -2.17. The Balaban J connectivity index is 0. The first-order valence-corrected chi connectivity index (χ1v) is 4.38. The molecule has 3 nitrogen and oxygen atoms in total. The lowest BCUT2D eigenvalue weighted by molar-refractivity contribution is -0.138. The van der Waals surface area contributed by atoms with Crippen LogP contribution in [0.1, 0.15) is 33.6 Å². The average molecular weight is 210 g/mol. The summed E-state index contributed by atoms with van der Waals surface area (Å²) < 4.78 is 4.55. The van der Waals surface area contributed by atoms with Gasteiger partial charge in [-0.1, -0.05) is 0 Å². The average Bonchev–Trinajstić information content (AvgIpc) is 2.38.